The van der Waals surface area contributed by atoms with Crippen LogP contribution in [0.1, 0.15) is 50.3 Å². The standard InChI is InChI=1S/C29H32N2O5S/c1-3-29(4-2)18-23(22-14-8-10-16-25(22)36-29)30-28(32)27-19-31(24-15-9-11-17-26(24)35-27)37(33,34)20-21-12-6-5-7-13-21/h5-17,23,27H,3-4,18-20H2,1-2H3,(H,30,32). The molecule has 0 fully saturated rings. The molecule has 1 N–H and O–H groups in total. The number of nitrogens with one attached hydrogen (secondary N) is 1. The van der Waals surface area contributed by atoms with Crippen LogP contribution in [0, 0.1) is 0 Å². The summed E-state index contributed by atoms with van der Waals surface area (Å²) in [6, 6.07) is 23.5. The number of carbonyl (C=O) groups is 1. The van der Waals surface area contributed by atoms with E-state index in [1.807, 2.05) is 42.5 Å². The van der Waals surface area contributed by atoms with Gasteiger partial charge in [0.25, 0.3) is 5.91 Å². The number of benzene rings is 3. The second kappa shape index (κ2) is 10.1. The van der Waals surface area contributed by atoms with Gasteiger partial charge in [0.15, 0.2) is 6.10 Å². The van der Waals surface area contributed by atoms with E-state index in [2.05, 4.69) is 19.2 Å². The molecule has 2 aliphatic rings. The molecular weight excluding hydrogens is 488 g/mol. The maximum absolute atomic E-state index is 13.6. The number of hydrogen-bond acceptors (Lipinski definition) is 5. The number of hydrogen-bond donors (Lipinski definition) is 1. The molecule has 2 unspecified atom stereocenters. The highest BCUT2D eigenvalue weighted by Crippen LogP contribution is 2.43. The molecule has 0 radical (unpaired) electrons. The lowest BCUT2D eigenvalue weighted by Gasteiger charge is -2.42. The highest BCUT2D eigenvalue weighted by Gasteiger charge is 2.41. The van der Waals surface area contributed by atoms with Crippen LogP contribution >= 0.6 is 0 Å². The fraction of sp³-hybridized carbons (Fsp3) is 0.345. The first-order chi connectivity index (χ1) is 17.8. The summed E-state index contributed by atoms with van der Waals surface area (Å²) in [7, 11) is -3.77. The van der Waals surface area contributed by atoms with Crippen molar-refractivity contribution in [2.75, 3.05) is 10.8 Å². The summed E-state index contributed by atoms with van der Waals surface area (Å²) in [5, 5.41) is 3.16. The minimum Gasteiger partial charge on any atom is -0.487 e. The normalized spacial score (nSPS) is 20.1. The van der Waals surface area contributed by atoms with Crippen molar-refractivity contribution in [2.45, 2.75) is 56.6 Å². The van der Waals surface area contributed by atoms with Crippen LogP contribution in [-0.2, 0) is 20.6 Å². The zero-order chi connectivity index (χ0) is 26.0. The molecule has 5 rings (SSSR count). The van der Waals surface area contributed by atoms with Crippen LogP contribution in [0.3, 0.4) is 0 Å². The minimum atomic E-state index is -3.77. The highest BCUT2D eigenvalue weighted by molar-refractivity contribution is 7.92. The molecular formula is C29H32N2O5S. The van der Waals surface area contributed by atoms with Crippen molar-refractivity contribution in [3.63, 3.8) is 0 Å². The van der Waals surface area contributed by atoms with Gasteiger partial charge >= 0.3 is 0 Å². The van der Waals surface area contributed by atoms with E-state index in [4.69, 9.17) is 9.47 Å². The van der Waals surface area contributed by atoms with Crippen LogP contribution in [0.15, 0.2) is 78.9 Å². The lowest BCUT2D eigenvalue weighted by Crippen LogP contribution is -2.53. The first kappa shape index (κ1) is 25.1. The number of fused-ring (bicyclic) bond motifs is 2. The number of amides is 1. The maximum Gasteiger partial charge on any atom is 0.263 e. The Hall–Kier alpha value is -3.52. The third-order valence-corrected chi connectivity index (χ3v) is 9.07. The van der Waals surface area contributed by atoms with Gasteiger partial charge in [-0.05, 0) is 36.6 Å². The molecule has 194 valence electrons. The first-order valence-electron chi connectivity index (χ1n) is 12.7. The predicted octanol–water partition coefficient (Wildman–Crippen LogP) is 4.98. The second-order valence-electron chi connectivity index (χ2n) is 9.64. The number of sulfonamides is 1. The number of rotatable bonds is 7. The van der Waals surface area contributed by atoms with E-state index in [1.165, 1.54) is 4.31 Å². The van der Waals surface area contributed by atoms with E-state index in [9.17, 15) is 13.2 Å². The number of ether oxygens (including phenoxy) is 2. The fourth-order valence-corrected chi connectivity index (χ4v) is 6.74. The average molecular weight is 521 g/mol. The molecule has 0 aliphatic carbocycles. The Kier molecular flexibility index (Phi) is 6.86. The minimum absolute atomic E-state index is 0.102. The smallest absolute Gasteiger partial charge is 0.263 e. The number of para-hydroxylation sites is 3. The van der Waals surface area contributed by atoms with Gasteiger partial charge in [-0.25, -0.2) is 8.42 Å². The van der Waals surface area contributed by atoms with Gasteiger partial charge in [-0.3, -0.25) is 9.10 Å². The fourth-order valence-electron chi connectivity index (χ4n) is 5.16. The summed E-state index contributed by atoms with van der Waals surface area (Å²) in [4.78, 5) is 13.6. The molecule has 3 aromatic carbocycles. The van der Waals surface area contributed by atoms with Crippen molar-refractivity contribution in [2.24, 2.45) is 0 Å². The number of anilines is 1. The Morgan fingerprint density at radius 1 is 0.946 bits per heavy atom. The molecule has 37 heavy (non-hydrogen) atoms. The lowest BCUT2D eigenvalue weighted by atomic mass is 9.83. The second-order valence-corrected chi connectivity index (χ2v) is 11.5. The monoisotopic (exact) mass is 520 g/mol. The van der Waals surface area contributed by atoms with E-state index >= 15 is 0 Å². The summed E-state index contributed by atoms with van der Waals surface area (Å²) >= 11 is 0. The van der Waals surface area contributed by atoms with Crippen LogP contribution in [0.4, 0.5) is 5.69 Å². The van der Waals surface area contributed by atoms with E-state index in [0.29, 0.717) is 23.4 Å². The SMILES string of the molecule is CCC1(CC)CC(NC(=O)C2CN(S(=O)(=O)Cc3ccccc3)c3ccccc3O2)c2ccccc2O1. The summed E-state index contributed by atoms with van der Waals surface area (Å²) < 4.78 is 40.8. The third kappa shape index (κ3) is 5.03. The van der Waals surface area contributed by atoms with Crippen molar-refractivity contribution < 1.29 is 22.7 Å². The average Bonchev–Trinajstić information content (AvgIpc) is 2.92. The van der Waals surface area contributed by atoms with Gasteiger partial charge < -0.3 is 14.8 Å². The van der Waals surface area contributed by atoms with Crippen LogP contribution < -0.4 is 19.1 Å². The maximum atomic E-state index is 13.6. The molecule has 0 saturated carbocycles. The summed E-state index contributed by atoms with van der Waals surface area (Å²) in [6.45, 7) is 4.08. The number of nitrogens with zero attached hydrogens (tertiary/aromatic N) is 1. The van der Waals surface area contributed by atoms with Gasteiger partial charge in [0.1, 0.15) is 17.1 Å². The first-order valence-corrected chi connectivity index (χ1v) is 14.3. The molecule has 7 nitrogen and oxygen atoms in total. The van der Waals surface area contributed by atoms with Gasteiger partial charge in [0, 0.05) is 12.0 Å². The zero-order valence-electron chi connectivity index (χ0n) is 21.1. The van der Waals surface area contributed by atoms with Crippen LogP contribution in [0.5, 0.6) is 11.5 Å². The third-order valence-electron chi connectivity index (χ3n) is 7.36. The summed E-state index contributed by atoms with van der Waals surface area (Å²) in [5.41, 5.74) is 1.66. The van der Waals surface area contributed by atoms with E-state index in [-0.39, 0.29) is 29.8 Å². The zero-order valence-corrected chi connectivity index (χ0v) is 21.9. The molecule has 0 spiro atoms. The van der Waals surface area contributed by atoms with Crippen molar-refractivity contribution in [3.05, 3.63) is 90.0 Å². The van der Waals surface area contributed by atoms with E-state index in [0.717, 1.165) is 24.2 Å². The molecule has 0 saturated heterocycles. The Bertz CT molecular complexity index is 1370. The van der Waals surface area contributed by atoms with Gasteiger partial charge in [-0.15, -0.1) is 0 Å². The summed E-state index contributed by atoms with van der Waals surface area (Å²) in [5.74, 6) is 0.621. The van der Waals surface area contributed by atoms with Crippen molar-refractivity contribution in [1.29, 1.82) is 0 Å². The lowest BCUT2D eigenvalue weighted by molar-refractivity contribution is -0.129. The van der Waals surface area contributed by atoms with Crippen LogP contribution in [0.25, 0.3) is 0 Å². The Morgan fingerprint density at radius 3 is 2.32 bits per heavy atom. The van der Waals surface area contributed by atoms with Gasteiger partial charge in [0.05, 0.1) is 24.0 Å². The Morgan fingerprint density at radius 2 is 1.59 bits per heavy atom. The van der Waals surface area contributed by atoms with Gasteiger partial charge in [-0.1, -0.05) is 74.5 Å². The topological polar surface area (TPSA) is 84.9 Å². The van der Waals surface area contributed by atoms with Crippen molar-refractivity contribution >= 4 is 21.6 Å². The van der Waals surface area contributed by atoms with Gasteiger partial charge in [0.2, 0.25) is 10.0 Å². The molecule has 0 bridgehead atoms. The molecule has 8 heteroatoms. The largest absolute Gasteiger partial charge is 0.487 e. The van der Waals surface area contributed by atoms with Gasteiger partial charge in [-0.2, -0.15) is 0 Å². The van der Waals surface area contributed by atoms with Crippen molar-refractivity contribution in [3.8, 4) is 11.5 Å². The van der Waals surface area contributed by atoms with E-state index in [1.54, 1.807) is 36.4 Å². The van der Waals surface area contributed by atoms with E-state index < -0.39 is 16.1 Å². The van der Waals surface area contributed by atoms with Crippen LogP contribution in [-0.4, -0.2) is 32.6 Å². The predicted molar refractivity (Wildman–Crippen MR) is 143 cm³/mol. The molecule has 2 aliphatic heterocycles. The molecule has 1 amide bonds. The molecule has 0 aromatic heterocycles. The highest BCUT2D eigenvalue weighted by atomic mass is 32.2. The van der Waals surface area contributed by atoms with Crippen LogP contribution in [0.2, 0.25) is 0 Å². The molecule has 2 atom stereocenters. The van der Waals surface area contributed by atoms with Crippen molar-refractivity contribution in [1.82, 2.24) is 5.32 Å². The molecule has 2 heterocycles. The quantitative estimate of drug-likeness (QED) is 0.475. The number of carbonyl (C=O) groups excluding carboxylic acids is 1. The Labute approximate surface area is 218 Å². The Balaban J connectivity index is 1.41. The molecule has 3 aromatic rings. The summed E-state index contributed by atoms with van der Waals surface area (Å²) in [6.07, 6.45) is 1.25.